The third-order valence-corrected chi connectivity index (χ3v) is 4.16. The first kappa shape index (κ1) is 16.9. The molecule has 0 bridgehead atoms. The number of aromatic amines is 1. The van der Waals surface area contributed by atoms with Crippen LogP contribution in [0.15, 0.2) is 24.3 Å². The van der Waals surface area contributed by atoms with Crippen molar-refractivity contribution in [1.82, 2.24) is 15.3 Å². The number of rotatable bonds is 8. The molecule has 3 rings (SSSR count). The predicted octanol–water partition coefficient (Wildman–Crippen LogP) is 2.20. The maximum absolute atomic E-state index is 11.7. The minimum absolute atomic E-state index is 0.0737. The van der Waals surface area contributed by atoms with Crippen molar-refractivity contribution in [1.29, 1.82) is 0 Å². The molecular formula is C18H25N3O3. The largest absolute Gasteiger partial charge is 0.376 e. The van der Waals surface area contributed by atoms with Crippen molar-refractivity contribution in [3.63, 3.8) is 0 Å². The summed E-state index contributed by atoms with van der Waals surface area (Å²) in [5.41, 5.74) is 2.03. The first-order chi connectivity index (χ1) is 11.8. The van der Waals surface area contributed by atoms with Gasteiger partial charge in [-0.3, -0.25) is 4.79 Å². The fourth-order valence-corrected chi connectivity index (χ4v) is 2.88. The molecule has 0 radical (unpaired) electrons. The highest BCUT2D eigenvalue weighted by Gasteiger charge is 2.14. The average Bonchev–Trinajstić information content (AvgIpc) is 3.02. The first-order valence-electron chi connectivity index (χ1n) is 8.71. The van der Waals surface area contributed by atoms with Crippen molar-refractivity contribution in [3.8, 4) is 0 Å². The third-order valence-electron chi connectivity index (χ3n) is 4.16. The van der Waals surface area contributed by atoms with Crippen molar-refractivity contribution < 1.29 is 14.3 Å². The zero-order valence-corrected chi connectivity index (χ0v) is 13.9. The standard InChI is InChI=1S/C18H25N3O3/c22-18(13-23-12-14-6-3-4-11-24-14)19-10-5-9-17-20-15-7-1-2-8-16(15)21-17/h1-2,7-8,14H,3-6,9-13H2,(H,19,22)(H,20,21). The second-order valence-electron chi connectivity index (χ2n) is 6.16. The number of hydrogen-bond donors (Lipinski definition) is 2. The summed E-state index contributed by atoms with van der Waals surface area (Å²) in [5, 5.41) is 2.88. The van der Waals surface area contributed by atoms with Crippen molar-refractivity contribution in [2.24, 2.45) is 0 Å². The lowest BCUT2D eigenvalue weighted by molar-refractivity contribution is -0.127. The van der Waals surface area contributed by atoms with Gasteiger partial charge in [-0.2, -0.15) is 0 Å². The zero-order chi connectivity index (χ0) is 16.6. The number of nitrogens with one attached hydrogen (secondary N) is 2. The van der Waals surface area contributed by atoms with E-state index in [1.165, 1.54) is 6.42 Å². The second-order valence-corrected chi connectivity index (χ2v) is 6.16. The molecule has 0 spiro atoms. The van der Waals surface area contributed by atoms with E-state index in [1.807, 2.05) is 24.3 Å². The number of para-hydroxylation sites is 2. The van der Waals surface area contributed by atoms with E-state index in [0.717, 1.165) is 49.1 Å². The van der Waals surface area contributed by atoms with Gasteiger partial charge in [0.25, 0.3) is 0 Å². The fourth-order valence-electron chi connectivity index (χ4n) is 2.88. The Morgan fingerprint density at radius 2 is 2.29 bits per heavy atom. The molecule has 2 aromatic rings. The average molecular weight is 331 g/mol. The molecule has 1 aliphatic heterocycles. The number of benzene rings is 1. The van der Waals surface area contributed by atoms with Crippen LogP contribution < -0.4 is 5.32 Å². The van der Waals surface area contributed by atoms with Gasteiger partial charge in [-0.05, 0) is 37.8 Å². The van der Waals surface area contributed by atoms with E-state index in [1.54, 1.807) is 0 Å². The van der Waals surface area contributed by atoms with Gasteiger partial charge in [0.15, 0.2) is 0 Å². The fraction of sp³-hybridized carbons (Fsp3) is 0.556. The Morgan fingerprint density at radius 3 is 3.12 bits per heavy atom. The molecule has 1 amide bonds. The summed E-state index contributed by atoms with van der Waals surface area (Å²) in [7, 11) is 0. The summed E-state index contributed by atoms with van der Waals surface area (Å²) in [6.45, 7) is 2.04. The van der Waals surface area contributed by atoms with Crippen LogP contribution in [0.5, 0.6) is 0 Å². The van der Waals surface area contributed by atoms with Crippen LogP contribution in [0.2, 0.25) is 0 Å². The Morgan fingerprint density at radius 1 is 1.38 bits per heavy atom. The Bertz CT molecular complexity index is 617. The number of carbonyl (C=O) groups excluding carboxylic acids is 1. The Kier molecular flexibility index (Phi) is 6.20. The van der Waals surface area contributed by atoms with Crippen LogP contribution in [-0.2, 0) is 20.7 Å². The summed E-state index contributed by atoms with van der Waals surface area (Å²) < 4.78 is 11.0. The molecule has 2 N–H and O–H groups in total. The molecule has 6 heteroatoms. The van der Waals surface area contributed by atoms with E-state index in [0.29, 0.717) is 13.2 Å². The molecule has 1 fully saturated rings. The molecule has 1 saturated heterocycles. The van der Waals surface area contributed by atoms with E-state index in [2.05, 4.69) is 15.3 Å². The molecule has 1 aromatic heterocycles. The van der Waals surface area contributed by atoms with Gasteiger partial charge in [-0.1, -0.05) is 12.1 Å². The molecule has 0 saturated carbocycles. The molecule has 1 atom stereocenters. The summed E-state index contributed by atoms with van der Waals surface area (Å²) >= 11 is 0. The number of amides is 1. The van der Waals surface area contributed by atoms with Gasteiger partial charge in [0.2, 0.25) is 5.91 Å². The maximum Gasteiger partial charge on any atom is 0.245 e. The highest BCUT2D eigenvalue weighted by Crippen LogP contribution is 2.13. The summed E-state index contributed by atoms with van der Waals surface area (Å²) in [6, 6.07) is 7.97. The number of hydrogen-bond acceptors (Lipinski definition) is 4. The minimum atomic E-state index is -0.0737. The van der Waals surface area contributed by atoms with E-state index >= 15 is 0 Å². The van der Waals surface area contributed by atoms with E-state index in [4.69, 9.17) is 9.47 Å². The number of aryl methyl sites for hydroxylation is 1. The topological polar surface area (TPSA) is 76.2 Å². The van der Waals surface area contributed by atoms with E-state index in [-0.39, 0.29) is 18.6 Å². The van der Waals surface area contributed by atoms with Crippen LogP contribution >= 0.6 is 0 Å². The van der Waals surface area contributed by atoms with Crippen LogP contribution in [-0.4, -0.2) is 48.3 Å². The van der Waals surface area contributed by atoms with Gasteiger partial charge >= 0.3 is 0 Å². The van der Waals surface area contributed by atoms with Gasteiger partial charge in [-0.25, -0.2) is 4.98 Å². The molecule has 1 unspecified atom stereocenters. The van der Waals surface area contributed by atoms with Crippen LogP contribution in [0.1, 0.15) is 31.5 Å². The van der Waals surface area contributed by atoms with Gasteiger partial charge < -0.3 is 19.8 Å². The molecular weight excluding hydrogens is 306 g/mol. The van der Waals surface area contributed by atoms with E-state index < -0.39 is 0 Å². The lowest BCUT2D eigenvalue weighted by Gasteiger charge is -2.22. The number of fused-ring (bicyclic) bond motifs is 1. The van der Waals surface area contributed by atoms with E-state index in [9.17, 15) is 4.79 Å². The highest BCUT2D eigenvalue weighted by atomic mass is 16.5. The first-order valence-corrected chi connectivity index (χ1v) is 8.71. The van der Waals surface area contributed by atoms with Crippen LogP contribution in [0.4, 0.5) is 0 Å². The molecule has 130 valence electrons. The number of ether oxygens (including phenoxy) is 2. The number of H-pyrrole nitrogens is 1. The van der Waals surface area contributed by atoms with Crippen LogP contribution in [0.3, 0.4) is 0 Å². The number of imidazole rings is 1. The molecule has 2 heterocycles. The summed E-state index contributed by atoms with van der Waals surface area (Å²) in [6.07, 6.45) is 5.14. The van der Waals surface area contributed by atoms with Crippen molar-refractivity contribution in [2.45, 2.75) is 38.2 Å². The highest BCUT2D eigenvalue weighted by molar-refractivity contribution is 5.77. The molecule has 1 aliphatic rings. The minimum Gasteiger partial charge on any atom is -0.376 e. The van der Waals surface area contributed by atoms with Gasteiger partial charge in [0.1, 0.15) is 12.4 Å². The van der Waals surface area contributed by atoms with Crippen molar-refractivity contribution in [3.05, 3.63) is 30.1 Å². The van der Waals surface area contributed by atoms with Crippen molar-refractivity contribution >= 4 is 16.9 Å². The number of aromatic nitrogens is 2. The SMILES string of the molecule is O=C(COCC1CCCCO1)NCCCc1nc2ccccc2[nH]1. The predicted molar refractivity (Wildman–Crippen MR) is 91.8 cm³/mol. The smallest absolute Gasteiger partial charge is 0.245 e. The number of nitrogens with zero attached hydrogens (tertiary/aromatic N) is 1. The molecule has 6 nitrogen and oxygen atoms in total. The van der Waals surface area contributed by atoms with Crippen molar-refractivity contribution in [2.75, 3.05) is 26.4 Å². The quantitative estimate of drug-likeness (QED) is 0.727. The van der Waals surface area contributed by atoms with Gasteiger partial charge in [0.05, 0.1) is 23.7 Å². The van der Waals surface area contributed by atoms with Crippen LogP contribution in [0.25, 0.3) is 11.0 Å². The Hall–Kier alpha value is -1.92. The molecule has 0 aliphatic carbocycles. The monoisotopic (exact) mass is 331 g/mol. The maximum atomic E-state index is 11.7. The molecule has 1 aromatic carbocycles. The normalized spacial score (nSPS) is 17.9. The zero-order valence-electron chi connectivity index (χ0n) is 13.9. The third kappa shape index (κ3) is 5.04. The number of carbonyl (C=O) groups is 1. The molecule has 24 heavy (non-hydrogen) atoms. The second kappa shape index (κ2) is 8.80. The lowest BCUT2D eigenvalue weighted by atomic mass is 10.1. The Labute approximate surface area is 141 Å². The Balaban J connectivity index is 1.27. The van der Waals surface area contributed by atoms with Gasteiger partial charge in [-0.15, -0.1) is 0 Å². The summed E-state index contributed by atoms with van der Waals surface area (Å²) in [5.74, 6) is 0.881. The van der Waals surface area contributed by atoms with Crippen LogP contribution in [0, 0.1) is 0 Å². The summed E-state index contributed by atoms with van der Waals surface area (Å²) in [4.78, 5) is 19.6. The van der Waals surface area contributed by atoms with Gasteiger partial charge in [0, 0.05) is 19.6 Å². The lowest BCUT2D eigenvalue weighted by Crippen LogP contribution is -2.31.